The number of rotatable bonds is 2. The minimum atomic E-state index is -0.997. The number of hydrogen-bond donors (Lipinski definition) is 2. The molecule has 96 valence electrons. The van der Waals surface area contributed by atoms with Gasteiger partial charge >= 0.3 is 5.97 Å². The van der Waals surface area contributed by atoms with E-state index in [4.69, 9.17) is 4.74 Å². The molecule has 1 aliphatic rings. The molecule has 2 rings (SSSR count). The molecule has 0 saturated heterocycles. The number of carbonyl (C=O) groups excluding carboxylic acids is 1. The van der Waals surface area contributed by atoms with Crippen molar-refractivity contribution in [1.29, 1.82) is 0 Å². The topological polar surface area (TPSA) is 75.6 Å². The van der Waals surface area contributed by atoms with Crippen LogP contribution in [0.25, 0.3) is 0 Å². The highest BCUT2D eigenvalue weighted by Gasteiger charge is 2.31. The Morgan fingerprint density at radius 3 is 2.72 bits per heavy atom. The van der Waals surface area contributed by atoms with E-state index in [1.54, 1.807) is 39.0 Å². The Hall–Kier alpha value is -2.04. The zero-order valence-corrected chi connectivity index (χ0v) is 10.5. The molecule has 0 radical (unpaired) electrons. The number of amides is 1. The summed E-state index contributed by atoms with van der Waals surface area (Å²) in [4.78, 5) is 22.6. The van der Waals surface area contributed by atoms with E-state index in [-0.39, 0.29) is 5.91 Å². The molecule has 1 unspecified atom stereocenters. The fraction of sp³-hybridized carbons (Fsp3) is 0.385. The number of ether oxygens (including phenoxy) is 1. The predicted octanol–water partition coefficient (Wildman–Crippen LogP) is 1.77. The average Bonchev–Trinajstić information content (AvgIpc) is 2.29. The maximum atomic E-state index is 11.4. The molecule has 0 bridgehead atoms. The van der Waals surface area contributed by atoms with Crippen molar-refractivity contribution in [2.24, 2.45) is 0 Å². The largest absolute Gasteiger partial charge is 0.481 e. The Balaban J connectivity index is 2.42. The highest BCUT2D eigenvalue weighted by Crippen LogP contribution is 2.34. The predicted molar refractivity (Wildman–Crippen MR) is 65.8 cm³/mol. The van der Waals surface area contributed by atoms with Crippen molar-refractivity contribution >= 4 is 17.6 Å². The van der Waals surface area contributed by atoms with Crippen LogP contribution in [0.3, 0.4) is 0 Å². The van der Waals surface area contributed by atoms with Crippen LogP contribution >= 0.6 is 0 Å². The van der Waals surface area contributed by atoms with Gasteiger partial charge in [-0.2, -0.15) is 0 Å². The Kier molecular flexibility index (Phi) is 2.77. The third kappa shape index (κ3) is 1.92. The summed E-state index contributed by atoms with van der Waals surface area (Å²) in [5, 5.41) is 11.9. The molecule has 5 heteroatoms. The van der Waals surface area contributed by atoms with Gasteiger partial charge in [-0.3, -0.25) is 9.59 Å². The fourth-order valence-corrected chi connectivity index (χ4v) is 1.71. The average molecular weight is 249 g/mol. The van der Waals surface area contributed by atoms with Gasteiger partial charge in [-0.25, -0.2) is 0 Å². The number of nitrogens with one attached hydrogen (secondary N) is 1. The van der Waals surface area contributed by atoms with Gasteiger partial charge in [0.05, 0.1) is 11.1 Å². The molecule has 0 aliphatic carbocycles. The summed E-state index contributed by atoms with van der Waals surface area (Å²) in [5.74, 6) is -0.600. The van der Waals surface area contributed by atoms with Crippen LogP contribution in [0.15, 0.2) is 18.2 Å². The minimum absolute atomic E-state index is 0.201. The number of carboxylic acids is 1. The number of hydrogen-bond acceptors (Lipinski definition) is 3. The van der Waals surface area contributed by atoms with E-state index in [2.05, 4.69) is 5.32 Å². The van der Waals surface area contributed by atoms with Crippen LogP contribution in [0.2, 0.25) is 0 Å². The summed E-state index contributed by atoms with van der Waals surface area (Å²) in [6, 6.07) is 5.02. The normalized spacial score (nSPS) is 18.6. The van der Waals surface area contributed by atoms with Gasteiger partial charge in [-0.15, -0.1) is 0 Å². The number of carboxylic acid groups (broad SMARTS) is 1. The fourth-order valence-electron chi connectivity index (χ4n) is 1.71. The lowest BCUT2D eigenvalue weighted by molar-refractivity contribution is -0.142. The van der Waals surface area contributed by atoms with E-state index >= 15 is 0 Å². The number of aliphatic carboxylic acids is 1. The second kappa shape index (κ2) is 4.01. The van der Waals surface area contributed by atoms with Gasteiger partial charge in [-0.05, 0) is 38.5 Å². The first-order valence-electron chi connectivity index (χ1n) is 5.68. The van der Waals surface area contributed by atoms with Crippen molar-refractivity contribution in [2.75, 3.05) is 5.32 Å². The summed E-state index contributed by atoms with van der Waals surface area (Å²) in [7, 11) is 0. The molecule has 1 amide bonds. The molecule has 1 aromatic carbocycles. The number of fused-ring (bicyclic) bond motifs is 1. The van der Waals surface area contributed by atoms with Gasteiger partial charge in [0.1, 0.15) is 5.75 Å². The highest BCUT2D eigenvalue weighted by atomic mass is 16.5. The van der Waals surface area contributed by atoms with E-state index in [1.165, 1.54) is 0 Å². The van der Waals surface area contributed by atoms with Crippen LogP contribution < -0.4 is 10.1 Å². The molecule has 2 N–H and O–H groups in total. The van der Waals surface area contributed by atoms with Gasteiger partial charge in [0, 0.05) is 0 Å². The zero-order valence-electron chi connectivity index (χ0n) is 10.5. The molecule has 5 nitrogen and oxygen atoms in total. The Morgan fingerprint density at radius 1 is 1.44 bits per heavy atom. The van der Waals surface area contributed by atoms with Crippen LogP contribution in [0.5, 0.6) is 5.75 Å². The summed E-state index contributed by atoms with van der Waals surface area (Å²) in [6.07, 6.45) is -0.569. The third-order valence-electron chi connectivity index (χ3n) is 3.17. The van der Waals surface area contributed by atoms with Crippen LogP contribution in [0.4, 0.5) is 5.69 Å². The molecular weight excluding hydrogens is 234 g/mol. The standard InChI is InChI=1S/C13H15NO4/c1-7-11(15)14-9-5-4-8(6-10(9)18-7)13(2,3)12(16)17/h4-7H,1-3H3,(H,14,15)(H,16,17). The number of benzene rings is 1. The number of anilines is 1. The van der Waals surface area contributed by atoms with Gasteiger partial charge in [-0.1, -0.05) is 6.07 Å². The molecule has 1 aromatic rings. The lowest BCUT2D eigenvalue weighted by Crippen LogP contribution is -2.35. The van der Waals surface area contributed by atoms with Crippen molar-refractivity contribution in [3.63, 3.8) is 0 Å². The summed E-state index contributed by atoms with van der Waals surface area (Å²) in [6.45, 7) is 4.90. The first-order chi connectivity index (χ1) is 8.32. The smallest absolute Gasteiger partial charge is 0.313 e. The van der Waals surface area contributed by atoms with E-state index in [0.29, 0.717) is 17.0 Å². The maximum absolute atomic E-state index is 11.4. The SMILES string of the molecule is CC1Oc2cc(C(C)(C)C(=O)O)ccc2NC1=O. The highest BCUT2D eigenvalue weighted by molar-refractivity contribution is 5.97. The van der Waals surface area contributed by atoms with E-state index in [0.717, 1.165) is 0 Å². The minimum Gasteiger partial charge on any atom is -0.481 e. The molecule has 18 heavy (non-hydrogen) atoms. The molecule has 0 aromatic heterocycles. The van der Waals surface area contributed by atoms with Gasteiger partial charge in [0.15, 0.2) is 6.10 Å². The van der Waals surface area contributed by atoms with Gasteiger partial charge in [0.2, 0.25) is 0 Å². The Bertz CT molecular complexity index is 522. The first-order valence-corrected chi connectivity index (χ1v) is 5.68. The van der Waals surface area contributed by atoms with E-state index in [9.17, 15) is 14.7 Å². The Labute approximate surface area is 105 Å². The molecule has 0 saturated carbocycles. The van der Waals surface area contributed by atoms with Crippen LogP contribution in [0, 0.1) is 0 Å². The quantitative estimate of drug-likeness (QED) is 0.837. The molecular formula is C13H15NO4. The third-order valence-corrected chi connectivity index (χ3v) is 3.17. The van der Waals surface area contributed by atoms with Crippen molar-refractivity contribution < 1.29 is 19.4 Å². The van der Waals surface area contributed by atoms with Crippen LogP contribution in [-0.4, -0.2) is 23.1 Å². The zero-order chi connectivity index (χ0) is 13.5. The van der Waals surface area contributed by atoms with Crippen molar-refractivity contribution in [3.8, 4) is 5.75 Å². The van der Waals surface area contributed by atoms with E-state index in [1.807, 2.05) is 0 Å². The molecule has 1 heterocycles. The molecule has 1 atom stereocenters. The lowest BCUT2D eigenvalue weighted by Gasteiger charge is -2.26. The molecule has 0 spiro atoms. The van der Waals surface area contributed by atoms with E-state index < -0.39 is 17.5 Å². The van der Waals surface area contributed by atoms with Crippen molar-refractivity contribution in [3.05, 3.63) is 23.8 Å². The van der Waals surface area contributed by atoms with Crippen molar-refractivity contribution in [2.45, 2.75) is 32.3 Å². The summed E-state index contributed by atoms with van der Waals surface area (Å²) < 4.78 is 5.45. The second-order valence-electron chi connectivity index (χ2n) is 4.89. The maximum Gasteiger partial charge on any atom is 0.313 e. The summed E-state index contributed by atoms with van der Waals surface area (Å²) >= 11 is 0. The van der Waals surface area contributed by atoms with Crippen molar-refractivity contribution in [1.82, 2.24) is 0 Å². The van der Waals surface area contributed by atoms with Crippen LogP contribution in [0.1, 0.15) is 26.3 Å². The molecule has 1 aliphatic heterocycles. The monoisotopic (exact) mass is 249 g/mol. The molecule has 0 fully saturated rings. The van der Waals surface area contributed by atoms with Gasteiger partial charge in [0.25, 0.3) is 5.91 Å². The van der Waals surface area contributed by atoms with Crippen LogP contribution in [-0.2, 0) is 15.0 Å². The second-order valence-corrected chi connectivity index (χ2v) is 4.89. The Morgan fingerprint density at radius 2 is 2.11 bits per heavy atom. The number of carbonyl (C=O) groups is 2. The summed E-state index contributed by atoms with van der Waals surface area (Å²) in [5.41, 5.74) is 0.212. The van der Waals surface area contributed by atoms with Gasteiger partial charge < -0.3 is 15.2 Å². The lowest BCUT2D eigenvalue weighted by atomic mass is 9.84. The first kappa shape index (κ1) is 12.4.